The highest BCUT2D eigenvalue weighted by Crippen LogP contribution is 1.79. The summed E-state index contributed by atoms with van der Waals surface area (Å²) < 4.78 is 4.31. The smallest absolute Gasteiger partial charge is 0.248 e. The molecule has 0 aliphatic rings. The number of hydrogen-bond acceptors (Lipinski definition) is 2. The van der Waals surface area contributed by atoms with Gasteiger partial charge in [-0.05, 0) is 0 Å². The molecule has 0 saturated heterocycles. The second-order valence-electron chi connectivity index (χ2n) is 1.75. The summed E-state index contributed by atoms with van der Waals surface area (Å²) in [6.07, 6.45) is 0. The third-order valence-electron chi connectivity index (χ3n) is 0.808. The maximum atomic E-state index is 10.6. The van der Waals surface area contributed by atoms with Crippen molar-refractivity contribution in [2.24, 2.45) is 0 Å². The molecule has 0 heterocycles. The first-order chi connectivity index (χ1) is 4.18. The van der Waals surface area contributed by atoms with E-state index in [4.69, 9.17) is 0 Å². The van der Waals surface area contributed by atoms with Crippen molar-refractivity contribution in [3.8, 4) is 0 Å². The monoisotopic (exact) mass is 132 g/mol. The number of nitrogens with zero attached hydrogens (tertiary/aromatic N) is 1. The van der Waals surface area contributed by atoms with Crippen LogP contribution in [0.4, 0.5) is 0 Å². The number of likely N-dealkylation sites (N-methyl/N-ethyl adjacent to an activating group) is 1. The van der Waals surface area contributed by atoms with Gasteiger partial charge in [0.2, 0.25) is 5.91 Å². The molecule has 4 heteroatoms. The zero-order valence-electron chi connectivity index (χ0n) is 5.59. The van der Waals surface area contributed by atoms with E-state index in [1.807, 2.05) is 0 Å². The number of rotatable bonds is 3. The van der Waals surface area contributed by atoms with E-state index in [0.29, 0.717) is 0 Å². The Balaban J connectivity index is 3.28. The fourth-order valence-electron chi connectivity index (χ4n) is 0.258. The van der Waals surface area contributed by atoms with Gasteiger partial charge >= 0.3 is 0 Å². The lowest BCUT2D eigenvalue weighted by atomic mass is 10.6. The molecule has 0 saturated carbocycles. The molecule has 0 aromatic rings. The zero-order chi connectivity index (χ0) is 7.28. The third kappa shape index (κ3) is 3.93. The number of hydrogen-bond donors (Lipinski definition) is 0. The molecule has 0 aliphatic heterocycles. The number of carbonyl (C=O) groups is 1. The summed E-state index contributed by atoms with van der Waals surface area (Å²) in [7, 11) is 3.22. The van der Waals surface area contributed by atoms with Crippen LogP contribution >= 0.6 is 0 Å². The van der Waals surface area contributed by atoms with Crippen LogP contribution in [0.15, 0.2) is 0 Å². The molecular weight excluding hydrogens is 122 g/mol. The van der Waals surface area contributed by atoms with Gasteiger partial charge < -0.3 is 9.64 Å². The summed E-state index contributed by atoms with van der Waals surface area (Å²) in [6.45, 7) is -0.768. The summed E-state index contributed by atoms with van der Waals surface area (Å²) in [6, 6.07) is 0. The Labute approximate surface area is 54.0 Å². The van der Waals surface area contributed by atoms with Gasteiger partial charge in [0.25, 0.3) is 0 Å². The Morgan fingerprint density at radius 2 is 2.11 bits per heavy atom. The molecule has 0 unspecified atom stereocenters. The Kier molecular flexibility index (Phi) is 4.00. The van der Waals surface area contributed by atoms with Crippen molar-refractivity contribution in [2.75, 3.05) is 27.5 Å². The van der Waals surface area contributed by atoms with E-state index in [9.17, 15) is 9.90 Å². The molecule has 0 aliphatic carbocycles. The molecule has 4 nitrogen and oxygen atoms in total. The van der Waals surface area contributed by atoms with E-state index < -0.39 is 6.79 Å². The van der Waals surface area contributed by atoms with E-state index in [2.05, 4.69) is 4.74 Å². The minimum absolute atomic E-state index is 0.115. The second-order valence-corrected chi connectivity index (χ2v) is 1.75. The maximum absolute atomic E-state index is 10.6. The molecule has 0 N–H and O–H groups in total. The Morgan fingerprint density at radius 1 is 1.56 bits per heavy atom. The Morgan fingerprint density at radius 3 is 2.44 bits per heavy atom. The van der Waals surface area contributed by atoms with Crippen LogP contribution in [0.1, 0.15) is 0 Å². The molecule has 0 atom stereocenters. The fourth-order valence-corrected chi connectivity index (χ4v) is 0.258. The second kappa shape index (κ2) is 4.29. The van der Waals surface area contributed by atoms with Crippen molar-refractivity contribution in [1.82, 2.24) is 4.90 Å². The summed E-state index contributed by atoms with van der Waals surface area (Å²) in [4.78, 5) is 11.9. The zero-order valence-corrected chi connectivity index (χ0v) is 5.59. The summed E-state index contributed by atoms with van der Waals surface area (Å²) in [5.74, 6) is -0.189. The first-order valence-electron chi connectivity index (χ1n) is 2.54. The molecule has 53 valence electrons. The first-order valence-corrected chi connectivity index (χ1v) is 2.54. The van der Waals surface area contributed by atoms with Crippen LogP contribution in [0.3, 0.4) is 0 Å². The van der Waals surface area contributed by atoms with Crippen molar-refractivity contribution in [3.63, 3.8) is 0 Å². The van der Waals surface area contributed by atoms with Gasteiger partial charge in [-0.2, -0.15) is 0 Å². The van der Waals surface area contributed by atoms with Crippen LogP contribution in [-0.4, -0.2) is 38.3 Å². The quantitative estimate of drug-likeness (QED) is 0.485. The summed E-state index contributed by atoms with van der Waals surface area (Å²) in [5.41, 5.74) is 0. The minimum atomic E-state index is -0.653. The van der Waals surface area contributed by atoms with Gasteiger partial charge in [-0.15, -0.1) is 0 Å². The maximum Gasteiger partial charge on any atom is 0.248 e. The van der Waals surface area contributed by atoms with Crippen LogP contribution in [0, 0.1) is 0 Å². The van der Waals surface area contributed by atoms with Gasteiger partial charge in [-0.1, -0.05) is 0 Å². The Hall–Kier alpha value is -0.610. The van der Waals surface area contributed by atoms with Gasteiger partial charge in [0.15, 0.2) is 6.79 Å². The highest BCUT2D eigenvalue weighted by molar-refractivity contribution is 5.76. The lowest BCUT2D eigenvalue weighted by Gasteiger charge is -2.07. The van der Waals surface area contributed by atoms with Crippen molar-refractivity contribution in [1.29, 1.82) is 0 Å². The van der Waals surface area contributed by atoms with Crippen LogP contribution in [0.25, 0.3) is 0 Å². The summed E-state index contributed by atoms with van der Waals surface area (Å²) >= 11 is 0. The van der Waals surface area contributed by atoms with Gasteiger partial charge in [-0.25, -0.2) is 5.11 Å². The molecule has 0 spiro atoms. The molecular formula is C5H10NO3. The summed E-state index contributed by atoms with van der Waals surface area (Å²) in [5, 5.41) is 9.66. The number of ether oxygens (including phenoxy) is 1. The highest BCUT2D eigenvalue weighted by atomic mass is 16.6. The van der Waals surface area contributed by atoms with Gasteiger partial charge in [0.1, 0.15) is 6.61 Å². The van der Waals surface area contributed by atoms with Crippen molar-refractivity contribution >= 4 is 5.91 Å². The predicted octanol–water partition coefficient (Wildman–Crippen LogP) is -0.521. The molecule has 1 amide bonds. The van der Waals surface area contributed by atoms with Crippen LogP contribution < -0.4 is 0 Å². The molecule has 1 radical (unpaired) electrons. The third-order valence-corrected chi connectivity index (χ3v) is 0.808. The average Bonchev–Trinajstić information content (AvgIpc) is 1.82. The van der Waals surface area contributed by atoms with Crippen molar-refractivity contribution in [3.05, 3.63) is 0 Å². The number of carbonyl (C=O) groups excluding carboxylic acids is 1. The van der Waals surface area contributed by atoms with Crippen LogP contribution in [-0.2, 0) is 14.6 Å². The standard InChI is InChI=1S/C5H10NO3/c1-6(2)5(8)3-9-4-7/h3-4H2,1-2H3. The van der Waals surface area contributed by atoms with E-state index in [1.54, 1.807) is 14.1 Å². The van der Waals surface area contributed by atoms with Gasteiger partial charge in [-0.3, -0.25) is 4.79 Å². The van der Waals surface area contributed by atoms with E-state index in [1.165, 1.54) is 4.90 Å². The topological polar surface area (TPSA) is 49.4 Å². The van der Waals surface area contributed by atoms with Gasteiger partial charge in [0, 0.05) is 14.1 Å². The van der Waals surface area contributed by atoms with Gasteiger partial charge in [0.05, 0.1) is 0 Å². The van der Waals surface area contributed by atoms with E-state index in [-0.39, 0.29) is 12.5 Å². The lowest BCUT2D eigenvalue weighted by molar-refractivity contribution is -0.139. The average molecular weight is 132 g/mol. The molecule has 0 aromatic carbocycles. The van der Waals surface area contributed by atoms with Crippen molar-refractivity contribution < 1.29 is 14.6 Å². The van der Waals surface area contributed by atoms with E-state index >= 15 is 0 Å². The number of amides is 1. The Bertz CT molecular complexity index is 92.2. The largest absolute Gasteiger partial charge is 0.347 e. The minimum Gasteiger partial charge on any atom is -0.347 e. The van der Waals surface area contributed by atoms with Crippen molar-refractivity contribution in [2.45, 2.75) is 0 Å². The SMILES string of the molecule is CN(C)C(=O)COC[O]. The predicted molar refractivity (Wildman–Crippen MR) is 30.2 cm³/mol. The van der Waals surface area contributed by atoms with Crippen LogP contribution in [0.2, 0.25) is 0 Å². The van der Waals surface area contributed by atoms with E-state index in [0.717, 1.165) is 0 Å². The molecule has 0 rings (SSSR count). The molecule has 9 heavy (non-hydrogen) atoms. The fraction of sp³-hybridized carbons (Fsp3) is 0.800. The lowest BCUT2D eigenvalue weighted by Crippen LogP contribution is -2.26. The van der Waals surface area contributed by atoms with Crippen LogP contribution in [0.5, 0.6) is 0 Å². The molecule has 0 bridgehead atoms. The molecule has 0 fully saturated rings. The first kappa shape index (κ1) is 8.39. The highest BCUT2D eigenvalue weighted by Gasteiger charge is 2.01. The molecule has 0 aromatic heterocycles. The normalized spacial score (nSPS) is 9.22.